The van der Waals surface area contributed by atoms with Gasteiger partial charge in [-0.15, -0.1) is 0 Å². The first-order chi connectivity index (χ1) is 16.3. The summed E-state index contributed by atoms with van der Waals surface area (Å²) in [7, 11) is -14.1. The quantitative estimate of drug-likeness (QED) is 0.0997. The Morgan fingerprint density at radius 3 is 0.889 bits per heavy atom. The second-order valence-corrected chi connectivity index (χ2v) is 10.1. The number of carbonyl (C=O) groups excluding carboxylic acids is 3. The highest BCUT2D eigenvalue weighted by Crippen LogP contribution is 2.51. The average molecular weight is 591 g/mol. The summed E-state index contributed by atoms with van der Waals surface area (Å²) >= 11 is 0. The minimum Gasteiger partial charge on any atom is -0.439 e. The molecule has 0 spiro atoms. The van der Waals surface area contributed by atoms with Crippen LogP contribution < -0.4 is 16.0 Å². The number of nitrogens with one attached hydrogen (secondary N) is 3. The molecular weight excluding hydrogens is 567 g/mol. The topological polar surface area (TPSA) is 315 Å². The molecule has 0 aliphatic heterocycles. The highest BCUT2D eigenvalue weighted by molar-refractivity contribution is 7.47. The number of amides is 3. The van der Waals surface area contributed by atoms with Crippen LogP contribution in [0.15, 0.2) is 0 Å². The van der Waals surface area contributed by atoms with Gasteiger partial charge in [-0.25, -0.2) is 28.1 Å². The van der Waals surface area contributed by atoms with Crippen LogP contribution in [0.25, 0.3) is 0 Å². The van der Waals surface area contributed by atoms with E-state index in [2.05, 4.69) is 13.6 Å². The molecule has 1 fully saturated rings. The van der Waals surface area contributed by atoms with E-state index in [4.69, 9.17) is 14.2 Å². The number of hydrogen-bond donors (Lipinski definition) is 9. The van der Waals surface area contributed by atoms with Gasteiger partial charge in [0.15, 0.2) is 18.3 Å². The second-order valence-electron chi connectivity index (χ2n) is 6.54. The molecule has 210 valence electrons. The summed E-state index contributed by atoms with van der Waals surface area (Å²) in [5.41, 5.74) is 0. The van der Waals surface area contributed by atoms with Crippen molar-refractivity contribution in [1.82, 2.24) is 16.0 Å². The molecule has 0 aromatic carbocycles. The Morgan fingerprint density at radius 2 is 0.694 bits per heavy atom. The first-order valence-corrected chi connectivity index (χ1v) is 13.8. The van der Waals surface area contributed by atoms with Gasteiger partial charge in [-0.1, -0.05) is 0 Å². The zero-order chi connectivity index (χ0) is 28.1. The minimum atomic E-state index is -5.73. The van der Waals surface area contributed by atoms with Crippen molar-refractivity contribution in [2.75, 3.05) is 21.1 Å². The number of rotatable bonds is 9. The molecule has 0 unspecified atom stereocenters. The Balaban J connectivity index is 3.93. The van der Waals surface area contributed by atoms with E-state index in [1.165, 1.54) is 0 Å². The van der Waals surface area contributed by atoms with Crippen molar-refractivity contribution in [3.63, 3.8) is 0 Å². The third-order valence-electron chi connectivity index (χ3n) is 4.06. The zero-order valence-electron chi connectivity index (χ0n) is 18.4. The van der Waals surface area contributed by atoms with Gasteiger partial charge in [0.25, 0.3) is 0 Å². The molecule has 1 rings (SSSR count). The first kappa shape index (κ1) is 32.2. The summed E-state index contributed by atoms with van der Waals surface area (Å²) in [5, 5.41) is 5.80. The predicted molar refractivity (Wildman–Crippen MR) is 109 cm³/mol. The summed E-state index contributed by atoms with van der Waals surface area (Å²) in [6.07, 6.45) is -18.9. The van der Waals surface area contributed by atoms with E-state index < -0.39 is 78.4 Å². The van der Waals surface area contributed by atoms with Gasteiger partial charge in [0.1, 0.15) is 18.3 Å². The lowest BCUT2D eigenvalue weighted by Crippen LogP contribution is -2.68. The van der Waals surface area contributed by atoms with E-state index in [9.17, 15) is 57.4 Å². The van der Waals surface area contributed by atoms with E-state index >= 15 is 0 Å². The van der Waals surface area contributed by atoms with Crippen molar-refractivity contribution in [2.24, 2.45) is 0 Å². The Morgan fingerprint density at radius 1 is 0.500 bits per heavy atom. The van der Waals surface area contributed by atoms with Crippen LogP contribution in [0.1, 0.15) is 0 Å². The lowest BCUT2D eigenvalue weighted by molar-refractivity contribution is -0.211. The van der Waals surface area contributed by atoms with Crippen LogP contribution >= 0.6 is 23.5 Å². The number of carbonyl (C=O) groups is 3. The van der Waals surface area contributed by atoms with Crippen LogP contribution in [0.2, 0.25) is 0 Å². The normalized spacial score (nSPS) is 26.9. The molecule has 0 bridgehead atoms. The van der Waals surface area contributed by atoms with E-state index in [1.54, 1.807) is 0 Å². The molecule has 0 aromatic rings. The van der Waals surface area contributed by atoms with E-state index in [1.807, 2.05) is 16.0 Å². The van der Waals surface area contributed by atoms with Crippen molar-refractivity contribution in [3.05, 3.63) is 0 Å². The Hall–Kier alpha value is -1.86. The Labute approximate surface area is 201 Å². The van der Waals surface area contributed by atoms with Crippen LogP contribution in [0.4, 0.5) is 14.4 Å². The fourth-order valence-corrected chi connectivity index (χ4v) is 4.58. The first-order valence-electron chi connectivity index (χ1n) is 9.18. The van der Waals surface area contributed by atoms with Crippen molar-refractivity contribution in [3.8, 4) is 0 Å². The van der Waals surface area contributed by atoms with Crippen LogP contribution in [-0.2, 0) is 41.5 Å². The van der Waals surface area contributed by atoms with E-state index in [0.717, 1.165) is 21.1 Å². The maximum Gasteiger partial charge on any atom is 0.470 e. The number of alkyl carbamates (subject to hydrolysis) is 3. The van der Waals surface area contributed by atoms with E-state index in [0.29, 0.717) is 0 Å². The van der Waals surface area contributed by atoms with Crippen LogP contribution in [0, 0.1) is 0 Å². The maximum absolute atomic E-state index is 12.0. The molecule has 3 amide bonds. The molecule has 9 N–H and O–H groups in total. The van der Waals surface area contributed by atoms with Gasteiger partial charge in [0.2, 0.25) is 0 Å². The van der Waals surface area contributed by atoms with Gasteiger partial charge in [0.05, 0.1) is 0 Å². The summed E-state index contributed by atoms with van der Waals surface area (Å²) < 4.78 is 63.0. The molecule has 0 saturated heterocycles. The highest BCUT2D eigenvalue weighted by Gasteiger charge is 2.62. The lowest BCUT2D eigenvalue weighted by atomic mass is 9.84. The molecule has 6 atom stereocenters. The molecule has 0 radical (unpaired) electrons. The van der Waals surface area contributed by atoms with Crippen molar-refractivity contribution in [2.45, 2.75) is 36.6 Å². The molecular formula is C12H24N3O18P3. The Kier molecular flexibility index (Phi) is 11.3. The predicted octanol–water partition coefficient (Wildman–Crippen LogP) is -2.39. The smallest absolute Gasteiger partial charge is 0.439 e. The summed E-state index contributed by atoms with van der Waals surface area (Å²) in [6, 6.07) is 0. The fraction of sp³-hybridized carbons (Fsp3) is 0.750. The third kappa shape index (κ3) is 10.3. The number of ether oxygens (including phenoxy) is 3. The average Bonchev–Trinajstić information content (AvgIpc) is 2.72. The van der Waals surface area contributed by atoms with Crippen LogP contribution in [-0.4, -0.2) is 105 Å². The number of phosphoric acid groups is 3. The molecule has 1 aliphatic carbocycles. The number of hydrogen-bond acceptors (Lipinski definition) is 12. The SMILES string of the molecule is CNC(=O)O[C@@H]1[C@@H](OC(=O)NC)[C@H](OP(=O)(O)O)[C@@H](OP(=O)(O)O)[C@@H](OP(=O)(O)O)[C@H]1OC(=O)NC. The summed E-state index contributed by atoms with van der Waals surface area (Å²) in [6.45, 7) is 0. The summed E-state index contributed by atoms with van der Waals surface area (Å²) in [5.74, 6) is 0. The molecule has 24 heteroatoms. The number of phosphoric ester groups is 3. The standard InChI is InChI=1S/C12H24N3O18P3/c1-13-10(16)28-4-5(29-11(17)14-2)7(31-34(19,20)21)9(33-36(25,26)27)8(32-35(22,23)24)6(4)30-12(18)15-3/h4-9H,1-3H3,(H,13,16)(H,14,17)(H,15,18)(H2,19,20,21)(H2,22,23,24)(H2,25,26,27)/t4-,5-,6+,7-,8-,9-/m0/s1. The Bertz CT molecular complexity index is 891. The van der Waals surface area contributed by atoms with Gasteiger partial charge in [-0.05, 0) is 0 Å². The summed E-state index contributed by atoms with van der Waals surface area (Å²) in [4.78, 5) is 92.0. The van der Waals surface area contributed by atoms with Crippen molar-refractivity contribution in [1.29, 1.82) is 0 Å². The monoisotopic (exact) mass is 591 g/mol. The lowest BCUT2D eigenvalue weighted by Gasteiger charge is -2.47. The van der Waals surface area contributed by atoms with Crippen LogP contribution in [0.5, 0.6) is 0 Å². The minimum absolute atomic E-state index is 1.01. The van der Waals surface area contributed by atoms with Gasteiger partial charge in [-0.3, -0.25) is 13.6 Å². The zero-order valence-corrected chi connectivity index (χ0v) is 21.1. The highest BCUT2D eigenvalue weighted by atomic mass is 31.2. The fourth-order valence-electron chi connectivity index (χ4n) is 2.91. The maximum atomic E-state index is 12.0. The molecule has 1 aliphatic rings. The van der Waals surface area contributed by atoms with Crippen molar-refractivity contribution < 1.29 is 85.2 Å². The van der Waals surface area contributed by atoms with Crippen molar-refractivity contribution >= 4 is 41.7 Å². The van der Waals surface area contributed by atoms with Gasteiger partial charge >= 0.3 is 41.7 Å². The van der Waals surface area contributed by atoms with E-state index in [-0.39, 0.29) is 0 Å². The molecule has 21 nitrogen and oxygen atoms in total. The third-order valence-corrected chi connectivity index (χ3v) is 5.62. The molecule has 0 aromatic heterocycles. The molecule has 36 heavy (non-hydrogen) atoms. The largest absolute Gasteiger partial charge is 0.470 e. The van der Waals surface area contributed by atoms with Gasteiger partial charge in [0, 0.05) is 21.1 Å². The van der Waals surface area contributed by atoms with Gasteiger partial charge in [-0.2, -0.15) is 0 Å². The molecule has 1 saturated carbocycles. The second kappa shape index (κ2) is 12.6. The van der Waals surface area contributed by atoms with Gasteiger partial charge < -0.3 is 59.5 Å². The molecule has 0 heterocycles. The van der Waals surface area contributed by atoms with Crippen LogP contribution in [0.3, 0.4) is 0 Å².